The molecule has 1 N–H and O–H groups in total. The third-order valence-electron chi connectivity index (χ3n) is 4.49. The molecule has 4 aromatic rings. The second-order valence-corrected chi connectivity index (χ2v) is 7.04. The number of rotatable bonds is 4. The Morgan fingerprint density at radius 1 is 1.19 bits per heavy atom. The van der Waals surface area contributed by atoms with Crippen molar-refractivity contribution >= 4 is 40.3 Å². The van der Waals surface area contributed by atoms with Crippen LogP contribution in [-0.4, -0.2) is 21.2 Å². The Morgan fingerprint density at radius 3 is 2.68 bits per heavy atom. The average molecular weight is 444 g/mol. The monoisotopic (exact) mass is 443 g/mol. The van der Waals surface area contributed by atoms with Gasteiger partial charge >= 0.3 is 0 Å². The lowest BCUT2D eigenvalue weighted by molar-refractivity contribution is -0.384. The van der Waals surface area contributed by atoms with Crippen molar-refractivity contribution in [2.75, 3.05) is 0 Å². The van der Waals surface area contributed by atoms with Gasteiger partial charge in [0, 0.05) is 23.9 Å². The molecule has 31 heavy (non-hydrogen) atoms. The average Bonchev–Trinajstić information content (AvgIpc) is 3.14. The number of non-ortho nitro benzene ring substituents is 1. The van der Waals surface area contributed by atoms with Crippen molar-refractivity contribution in [2.24, 2.45) is 4.99 Å². The lowest BCUT2D eigenvalue weighted by Gasteiger charge is -2.03. The minimum Gasteiger partial charge on any atom is -0.507 e. The summed E-state index contributed by atoms with van der Waals surface area (Å²) in [5.74, 6) is -2.28. The number of fused-ring (bicyclic) bond motifs is 1. The number of phenolic OH excluding ortho intramolecular Hbond substituents is 1. The fourth-order valence-corrected chi connectivity index (χ4v) is 3.16. The number of hydrogen-bond donors (Lipinski definition) is 1. The largest absolute Gasteiger partial charge is 0.507 e. The number of halogens is 3. The summed E-state index contributed by atoms with van der Waals surface area (Å²) in [4.78, 5) is 18.9. The van der Waals surface area contributed by atoms with Gasteiger partial charge in [0.15, 0.2) is 17.2 Å². The number of nitro groups is 1. The van der Waals surface area contributed by atoms with Crippen LogP contribution in [0.2, 0.25) is 5.02 Å². The summed E-state index contributed by atoms with van der Waals surface area (Å²) in [5.41, 5.74) is 1.62. The number of nitro benzene ring substituents is 1. The van der Waals surface area contributed by atoms with Crippen LogP contribution >= 0.6 is 11.6 Å². The molecular formula is C21H12ClF2N3O4. The molecule has 1 aromatic heterocycles. The Balaban J connectivity index is 1.70. The van der Waals surface area contributed by atoms with E-state index in [4.69, 9.17) is 16.0 Å². The molecule has 0 unspecified atom stereocenters. The first-order chi connectivity index (χ1) is 14.7. The first-order valence-corrected chi connectivity index (χ1v) is 9.18. The van der Waals surface area contributed by atoms with Crippen molar-refractivity contribution in [3.05, 3.63) is 80.4 Å². The summed E-state index contributed by atoms with van der Waals surface area (Å²) in [6, 6.07) is 8.95. The van der Waals surface area contributed by atoms with Gasteiger partial charge < -0.3 is 9.52 Å². The molecule has 4 rings (SSSR count). The van der Waals surface area contributed by atoms with E-state index in [1.807, 2.05) is 0 Å². The standard InChI is InChI=1S/C21H12ClF2N3O4/c1-10-4-13(27(29)30)5-11(20(10)28)9-25-12-2-3-19-18(6-12)26-21(31-19)14-7-16(23)17(24)8-15(14)22/h2-9,28H,1H3. The van der Waals surface area contributed by atoms with Gasteiger partial charge in [0.1, 0.15) is 11.3 Å². The molecule has 0 radical (unpaired) electrons. The van der Waals surface area contributed by atoms with Crippen LogP contribution in [0, 0.1) is 28.7 Å². The van der Waals surface area contributed by atoms with Crippen LogP contribution < -0.4 is 0 Å². The van der Waals surface area contributed by atoms with E-state index in [-0.39, 0.29) is 33.5 Å². The lowest BCUT2D eigenvalue weighted by Crippen LogP contribution is -1.93. The first-order valence-electron chi connectivity index (χ1n) is 8.80. The fourth-order valence-electron chi connectivity index (χ4n) is 2.93. The van der Waals surface area contributed by atoms with E-state index < -0.39 is 16.6 Å². The minimum absolute atomic E-state index is 0.00647. The van der Waals surface area contributed by atoms with Crippen molar-refractivity contribution in [3.8, 4) is 17.2 Å². The molecule has 3 aromatic carbocycles. The van der Waals surface area contributed by atoms with Crippen molar-refractivity contribution in [1.29, 1.82) is 0 Å². The minimum atomic E-state index is -1.08. The van der Waals surface area contributed by atoms with Gasteiger partial charge in [-0.2, -0.15) is 0 Å². The number of hydrogen-bond acceptors (Lipinski definition) is 6. The highest BCUT2D eigenvalue weighted by molar-refractivity contribution is 6.33. The Hall–Kier alpha value is -3.85. The Kier molecular flexibility index (Phi) is 5.12. The number of aromatic hydroxyl groups is 1. The Labute approximate surface area is 178 Å². The van der Waals surface area contributed by atoms with Crippen molar-refractivity contribution in [1.82, 2.24) is 4.98 Å². The molecule has 0 fully saturated rings. The second-order valence-electron chi connectivity index (χ2n) is 6.63. The molecule has 0 spiro atoms. The van der Waals surface area contributed by atoms with Crippen molar-refractivity contribution < 1.29 is 23.2 Å². The molecular weight excluding hydrogens is 432 g/mol. The SMILES string of the molecule is Cc1cc([N+](=O)[O-])cc(C=Nc2ccc3oc(-c4cc(F)c(F)cc4Cl)nc3c2)c1O. The molecule has 0 amide bonds. The molecule has 0 saturated carbocycles. The van der Waals surface area contributed by atoms with Gasteiger partial charge in [-0.25, -0.2) is 13.8 Å². The zero-order valence-electron chi connectivity index (χ0n) is 15.8. The van der Waals surface area contributed by atoms with Crippen LogP contribution in [0.25, 0.3) is 22.6 Å². The van der Waals surface area contributed by atoms with Gasteiger partial charge in [-0.3, -0.25) is 15.1 Å². The number of aliphatic imine (C=N–C) groups is 1. The zero-order valence-corrected chi connectivity index (χ0v) is 16.5. The molecule has 10 heteroatoms. The zero-order chi connectivity index (χ0) is 22.3. The molecule has 0 atom stereocenters. The number of aromatic nitrogens is 1. The molecule has 0 aliphatic carbocycles. The fraction of sp³-hybridized carbons (Fsp3) is 0.0476. The Bertz CT molecular complexity index is 1390. The maximum atomic E-state index is 13.6. The lowest BCUT2D eigenvalue weighted by atomic mass is 10.1. The summed E-state index contributed by atoms with van der Waals surface area (Å²) < 4.78 is 32.5. The maximum absolute atomic E-state index is 13.6. The van der Waals surface area contributed by atoms with Gasteiger partial charge in [0.2, 0.25) is 5.89 Å². The summed E-state index contributed by atoms with van der Waals surface area (Å²) in [7, 11) is 0. The Morgan fingerprint density at radius 2 is 1.94 bits per heavy atom. The topological polar surface area (TPSA) is 102 Å². The van der Waals surface area contributed by atoms with Gasteiger partial charge in [-0.15, -0.1) is 0 Å². The number of aryl methyl sites for hydroxylation is 1. The number of oxazole rings is 1. The third-order valence-corrected chi connectivity index (χ3v) is 4.80. The van der Waals surface area contributed by atoms with E-state index >= 15 is 0 Å². The van der Waals surface area contributed by atoms with Crippen LogP contribution in [0.5, 0.6) is 5.75 Å². The number of nitrogens with zero attached hydrogens (tertiary/aromatic N) is 3. The highest BCUT2D eigenvalue weighted by Gasteiger charge is 2.16. The quantitative estimate of drug-likeness (QED) is 0.178. The van der Waals surface area contributed by atoms with Crippen LogP contribution in [0.1, 0.15) is 11.1 Å². The predicted molar refractivity (Wildman–Crippen MR) is 111 cm³/mol. The molecule has 1 heterocycles. The smallest absolute Gasteiger partial charge is 0.270 e. The molecule has 0 saturated heterocycles. The van der Waals surface area contributed by atoms with Crippen molar-refractivity contribution in [3.63, 3.8) is 0 Å². The van der Waals surface area contributed by atoms with E-state index in [9.17, 15) is 24.0 Å². The van der Waals surface area contributed by atoms with Crippen LogP contribution in [0.4, 0.5) is 20.2 Å². The molecule has 0 aliphatic rings. The van der Waals surface area contributed by atoms with E-state index in [0.29, 0.717) is 22.4 Å². The third kappa shape index (κ3) is 3.95. The van der Waals surface area contributed by atoms with Gasteiger partial charge in [0.25, 0.3) is 5.69 Å². The van der Waals surface area contributed by atoms with E-state index in [1.54, 1.807) is 25.1 Å². The van der Waals surface area contributed by atoms with Crippen molar-refractivity contribution in [2.45, 2.75) is 6.92 Å². The van der Waals surface area contributed by atoms with E-state index in [1.165, 1.54) is 18.3 Å². The van der Waals surface area contributed by atoms with E-state index in [0.717, 1.165) is 12.1 Å². The van der Waals surface area contributed by atoms with Crippen LogP contribution in [0.15, 0.2) is 51.9 Å². The number of phenols is 1. The summed E-state index contributed by atoms with van der Waals surface area (Å²) in [5, 5.41) is 21.1. The van der Waals surface area contributed by atoms with Crippen LogP contribution in [-0.2, 0) is 0 Å². The normalized spacial score (nSPS) is 11.5. The highest BCUT2D eigenvalue weighted by Crippen LogP contribution is 2.33. The van der Waals surface area contributed by atoms with Gasteiger partial charge in [0.05, 0.1) is 21.2 Å². The molecule has 7 nitrogen and oxygen atoms in total. The van der Waals surface area contributed by atoms with Gasteiger partial charge in [-0.1, -0.05) is 11.6 Å². The highest BCUT2D eigenvalue weighted by atomic mass is 35.5. The maximum Gasteiger partial charge on any atom is 0.270 e. The molecule has 0 bridgehead atoms. The number of benzene rings is 3. The summed E-state index contributed by atoms with van der Waals surface area (Å²) in [6.45, 7) is 1.55. The summed E-state index contributed by atoms with van der Waals surface area (Å²) in [6.07, 6.45) is 1.30. The molecule has 0 aliphatic heterocycles. The molecule has 156 valence electrons. The van der Waals surface area contributed by atoms with Crippen LogP contribution in [0.3, 0.4) is 0 Å². The predicted octanol–water partition coefficient (Wildman–Crippen LogP) is 6.10. The second kappa shape index (κ2) is 7.77. The first kappa shape index (κ1) is 20.4. The van der Waals surface area contributed by atoms with E-state index in [2.05, 4.69) is 9.98 Å². The summed E-state index contributed by atoms with van der Waals surface area (Å²) >= 11 is 5.97. The van der Waals surface area contributed by atoms with Gasteiger partial charge in [-0.05, 0) is 42.8 Å².